The zero-order chi connectivity index (χ0) is 27.7. The molecule has 2 aliphatic rings. The van der Waals surface area contributed by atoms with Crippen molar-refractivity contribution < 1.29 is 9.59 Å². The molecule has 0 radical (unpaired) electrons. The number of hydrogen-bond donors (Lipinski definition) is 0. The van der Waals surface area contributed by atoms with Crippen molar-refractivity contribution in [1.29, 1.82) is 0 Å². The molecule has 0 spiro atoms. The zero-order valence-corrected chi connectivity index (χ0v) is 24.6. The lowest BCUT2D eigenvalue weighted by Gasteiger charge is -2.34. The molecule has 206 valence electrons. The van der Waals surface area contributed by atoms with Crippen LogP contribution in [0.1, 0.15) is 71.9 Å². The number of amides is 1. The Balaban J connectivity index is 1.32. The third kappa shape index (κ3) is 5.85. The van der Waals surface area contributed by atoms with Crippen molar-refractivity contribution >= 4 is 40.3 Å². The fourth-order valence-corrected chi connectivity index (χ4v) is 6.73. The van der Waals surface area contributed by atoms with Crippen LogP contribution in [0.25, 0.3) is 5.00 Å². The normalized spacial score (nSPS) is 17.4. The van der Waals surface area contributed by atoms with Gasteiger partial charge in [-0.05, 0) is 57.9 Å². The van der Waals surface area contributed by atoms with Crippen LogP contribution >= 0.6 is 22.9 Å². The SMILES string of the molecule is CC(=O)N1CCN(CCCCC(=O)C[C@@H]2N=C(c3ccc(Cl)cc3)c3c(sc(C)c3C)-n3c(C)nnc32)CC1. The fraction of sp³-hybridized carbons (Fsp3) is 0.483. The van der Waals surface area contributed by atoms with Crippen LogP contribution in [0.2, 0.25) is 5.02 Å². The first-order chi connectivity index (χ1) is 18.7. The molecule has 10 heteroatoms. The van der Waals surface area contributed by atoms with Gasteiger partial charge in [0.15, 0.2) is 5.82 Å². The van der Waals surface area contributed by atoms with Crippen LogP contribution in [-0.2, 0) is 9.59 Å². The summed E-state index contributed by atoms with van der Waals surface area (Å²) >= 11 is 7.91. The molecule has 0 saturated carbocycles. The molecule has 0 N–H and O–H groups in total. The number of aliphatic imine (C=N–C) groups is 1. The van der Waals surface area contributed by atoms with Gasteiger partial charge >= 0.3 is 0 Å². The quantitative estimate of drug-likeness (QED) is 0.355. The topological polar surface area (TPSA) is 83.7 Å². The van der Waals surface area contributed by atoms with E-state index in [0.29, 0.717) is 17.9 Å². The van der Waals surface area contributed by atoms with Crippen LogP contribution in [0.5, 0.6) is 0 Å². The highest BCUT2D eigenvalue weighted by Crippen LogP contribution is 2.39. The van der Waals surface area contributed by atoms with Crippen molar-refractivity contribution in [1.82, 2.24) is 24.6 Å². The molecule has 39 heavy (non-hydrogen) atoms. The summed E-state index contributed by atoms with van der Waals surface area (Å²) in [7, 11) is 0. The van der Waals surface area contributed by atoms with Crippen LogP contribution < -0.4 is 0 Å². The number of benzene rings is 1. The van der Waals surface area contributed by atoms with Crippen molar-refractivity contribution in [2.45, 2.75) is 59.4 Å². The van der Waals surface area contributed by atoms with Gasteiger partial charge in [-0.2, -0.15) is 0 Å². The fourth-order valence-electron chi connectivity index (χ4n) is 5.39. The molecule has 0 aliphatic carbocycles. The summed E-state index contributed by atoms with van der Waals surface area (Å²) in [6.45, 7) is 12.2. The largest absolute Gasteiger partial charge is 0.340 e. The van der Waals surface area contributed by atoms with Crippen LogP contribution in [-0.4, -0.2) is 74.7 Å². The van der Waals surface area contributed by atoms with E-state index < -0.39 is 6.04 Å². The van der Waals surface area contributed by atoms with Crippen molar-refractivity contribution in [3.05, 3.63) is 62.5 Å². The molecule has 3 aromatic rings. The lowest BCUT2D eigenvalue weighted by Crippen LogP contribution is -2.48. The Kier molecular flexibility index (Phi) is 8.30. The summed E-state index contributed by atoms with van der Waals surface area (Å²) in [6, 6.07) is 7.33. The van der Waals surface area contributed by atoms with E-state index in [1.165, 1.54) is 10.4 Å². The number of hydrogen-bond acceptors (Lipinski definition) is 7. The number of ketones is 1. The molecule has 0 bridgehead atoms. The molecular weight excluding hydrogens is 532 g/mol. The van der Waals surface area contributed by atoms with Crippen molar-refractivity contribution in [2.24, 2.45) is 4.99 Å². The Morgan fingerprint density at radius 3 is 2.44 bits per heavy atom. The van der Waals surface area contributed by atoms with Crippen molar-refractivity contribution in [2.75, 3.05) is 32.7 Å². The average molecular weight is 567 g/mol. The van der Waals surface area contributed by atoms with E-state index >= 15 is 0 Å². The van der Waals surface area contributed by atoms with E-state index in [9.17, 15) is 9.59 Å². The van der Waals surface area contributed by atoms with E-state index in [2.05, 4.69) is 33.5 Å². The highest BCUT2D eigenvalue weighted by Gasteiger charge is 2.32. The summed E-state index contributed by atoms with van der Waals surface area (Å²) in [5.74, 6) is 1.84. The smallest absolute Gasteiger partial charge is 0.219 e. The van der Waals surface area contributed by atoms with Crippen LogP contribution in [0.3, 0.4) is 0 Å². The Bertz CT molecular complexity index is 1400. The Labute approximate surface area is 238 Å². The Hall–Kier alpha value is -2.88. The second-order valence-electron chi connectivity index (χ2n) is 10.5. The predicted octanol–water partition coefficient (Wildman–Crippen LogP) is 5.09. The third-order valence-electron chi connectivity index (χ3n) is 7.78. The monoisotopic (exact) mass is 566 g/mol. The Morgan fingerprint density at radius 1 is 1.03 bits per heavy atom. The number of halogens is 1. The van der Waals surface area contributed by atoms with Crippen LogP contribution in [0, 0.1) is 20.8 Å². The van der Waals surface area contributed by atoms with E-state index in [0.717, 1.165) is 79.1 Å². The number of aryl methyl sites for hydroxylation is 2. The molecule has 5 rings (SSSR count). The summed E-state index contributed by atoms with van der Waals surface area (Å²) in [5, 5.41) is 10.6. The molecule has 2 aromatic heterocycles. The number of aromatic nitrogens is 3. The number of rotatable bonds is 8. The molecule has 2 aliphatic heterocycles. The lowest BCUT2D eigenvalue weighted by atomic mass is 9.99. The second-order valence-corrected chi connectivity index (χ2v) is 12.1. The Morgan fingerprint density at radius 2 is 1.74 bits per heavy atom. The average Bonchev–Trinajstić information content (AvgIpc) is 3.39. The van der Waals surface area contributed by atoms with Gasteiger partial charge in [-0.25, -0.2) is 0 Å². The molecule has 0 unspecified atom stereocenters. The lowest BCUT2D eigenvalue weighted by molar-refractivity contribution is -0.130. The number of unbranched alkanes of at least 4 members (excludes halogenated alkanes) is 1. The standard InChI is InChI=1S/C29H35ClN6O2S/c1-18-19(2)39-29-26(18)27(22-8-10-23(30)11-9-22)31-25(28-33-32-20(3)36(28)29)17-24(38)7-5-6-12-34-13-15-35(16-14-34)21(4)37/h8-11,25H,5-7,12-17H2,1-4H3/t25-/m0/s1. The maximum Gasteiger partial charge on any atom is 0.219 e. The van der Waals surface area contributed by atoms with Gasteiger partial charge in [0.1, 0.15) is 22.7 Å². The zero-order valence-electron chi connectivity index (χ0n) is 23.0. The molecule has 1 fully saturated rings. The predicted molar refractivity (Wildman–Crippen MR) is 155 cm³/mol. The first-order valence-electron chi connectivity index (χ1n) is 13.6. The van der Waals surface area contributed by atoms with Crippen LogP contribution in [0.15, 0.2) is 29.3 Å². The van der Waals surface area contributed by atoms with E-state index in [4.69, 9.17) is 16.6 Å². The van der Waals surface area contributed by atoms with Gasteiger partial charge in [-0.3, -0.25) is 24.0 Å². The number of carbonyl (C=O) groups is 2. The highest BCUT2D eigenvalue weighted by atomic mass is 35.5. The number of fused-ring (bicyclic) bond motifs is 3. The van der Waals surface area contributed by atoms with E-state index in [1.54, 1.807) is 18.3 Å². The van der Waals surface area contributed by atoms with Gasteiger partial charge in [0.25, 0.3) is 0 Å². The van der Waals surface area contributed by atoms with Crippen LogP contribution in [0.4, 0.5) is 0 Å². The summed E-state index contributed by atoms with van der Waals surface area (Å²) in [6.07, 6.45) is 2.60. The van der Waals surface area contributed by atoms with Gasteiger partial charge in [0.2, 0.25) is 5.91 Å². The highest BCUT2D eigenvalue weighted by molar-refractivity contribution is 7.15. The number of carbonyl (C=O) groups excluding carboxylic acids is 2. The summed E-state index contributed by atoms with van der Waals surface area (Å²) in [4.78, 5) is 35.5. The number of Topliss-reactive ketones (excluding diaryl/α,β-unsaturated/α-hetero) is 1. The maximum atomic E-state index is 13.2. The first-order valence-corrected chi connectivity index (χ1v) is 14.8. The molecular formula is C29H35ClN6O2S. The molecule has 1 aromatic carbocycles. The molecule has 1 saturated heterocycles. The van der Waals surface area contributed by atoms with Gasteiger partial charge in [0.05, 0.1) is 5.71 Å². The second kappa shape index (κ2) is 11.7. The van der Waals surface area contributed by atoms with E-state index in [-0.39, 0.29) is 11.7 Å². The first kappa shape index (κ1) is 27.7. The van der Waals surface area contributed by atoms with Crippen molar-refractivity contribution in [3.63, 3.8) is 0 Å². The number of piperazine rings is 1. The van der Waals surface area contributed by atoms with Gasteiger partial charge in [0, 0.05) is 67.0 Å². The molecule has 4 heterocycles. The van der Waals surface area contributed by atoms with Gasteiger partial charge in [-0.1, -0.05) is 23.7 Å². The van der Waals surface area contributed by atoms with Gasteiger partial charge < -0.3 is 4.90 Å². The summed E-state index contributed by atoms with van der Waals surface area (Å²) in [5.41, 5.74) is 4.10. The third-order valence-corrected chi connectivity index (χ3v) is 9.22. The number of nitrogens with zero attached hydrogens (tertiary/aromatic N) is 6. The molecule has 1 amide bonds. The minimum Gasteiger partial charge on any atom is -0.340 e. The molecule has 1 atom stereocenters. The van der Waals surface area contributed by atoms with Gasteiger partial charge in [-0.15, -0.1) is 21.5 Å². The van der Waals surface area contributed by atoms with E-state index in [1.807, 2.05) is 36.1 Å². The molecule has 8 nitrogen and oxygen atoms in total. The summed E-state index contributed by atoms with van der Waals surface area (Å²) < 4.78 is 2.09. The van der Waals surface area contributed by atoms with Crippen molar-refractivity contribution in [3.8, 4) is 5.00 Å². The maximum absolute atomic E-state index is 13.2. The minimum atomic E-state index is -0.414. The minimum absolute atomic E-state index is 0.145. The number of thiophene rings is 1.